The molecule has 0 radical (unpaired) electrons. The maximum Gasteiger partial charge on any atom is 0.352 e. The Morgan fingerprint density at radius 1 is 1.00 bits per heavy atom. The minimum atomic E-state index is -1.19. The van der Waals surface area contributed by atoms with Crippen LogP contribution in [-0.2, 0) is 9.53 Å². The number of hydrogen-bond donors (Lipinski definition) is 2. The number of nitrogens with zero attached hydrogens (tertiary/aromatic N) is 1. The zero-order valence-electron chi connectivity index (χ0n) is 14.2. The minimum absolute atomic E-state index is 0.167. The predicted molar refractivity (Wildman–Crippen MR) is 99.0 cm³/mol. The molecule has 3 rings (SSSR count). The topological polar surface area (TPSA) is 78.9 Å². The Hall–Kier alpha value is -3.12. The highest BCUT2D eigenvalue weighted by Gasteiger charge is 2.17. The van der Waals surface area contributed by atoms with Gasteiger partial charge in [0.15, 0.2) is 0 Å². The second kappa shape index (κ2) is 8.31. The number of aliphatic carboxylic acids is 1. The molecule has 1 fully saturated rings. The number of nitrogens with one attached hydrogen (secondary N) is 1. The van der Waals surface area contributed by atoms with Gasteiger partial charge in [-0.05, 0) is 24.3 Å². The smallest absolute Gasteiger partial charge is 0.352 e. The summed E-state index contributed by atoms with van der Waals surface area (Å²) in [6.45, 7) is 2.75. The Kier molecular flexibility index (Phi) is 5.66. The van der Waals surface area contributed by atoms with Crippen LogP contribution in [0.1, 0.15) is 15.9 Å². The molecule has 1 aliphatic heterocycles. The molecule has 1 heterocycles. The van der Waals surface area contributed by atoms with Crippen molar-refractivity contribution in [3.05, 3.63) is 71.4 Å². The third kappa shape index (κ3) is 4.29. The van der Waals surface area contributed by atoms with Crippen molar-refractivity contribution in [2.75, 3.05) is 31.2 Å². The summed E-state index contributed by atoms with van der Waals surface area (Å²) < 4.78 is 5.37. The quantitative estimate of drug-likeness (QED) is 0.808. The monoisotopic (exact) mass is 352 g/mol. The SMILES string of the molecule is O=C(O)C(=Cc1ccccc1N1CCOCC1)NC(=O)c1ccccc1. The third-order valence-electron chi connectivity index (χ3n) is 4.10. The first-order valence-electron chi connectivity index (χ1n) is 8.38. The summed E-state index contributed by atoms with van der Waals surface area (Å²) in [5.41, 5.74) is 1.89. The number of carbonyl (C=O) groups excluding carboxylic acids is 1. The maximum atomic E-state index is 12.3. The molecule has 6 nitrogen and oxygen atoms in total. The molecule has 2 N–H and O–H groups in total. The fourth-order valence-electron chi connectivity index (χ4n) is 2.79. The molecule has 1 aliphatic rings. The fraction of sp³-hybridized carbons (Fsp3) is 0.200. The average molecular weight is 352 g/mol. The number of benzene rings is 2. The van der Waals surface area contributed by atoms with Gasteiger partial charge in [-0.2, -0.15) is 0 Å². The Morgan fingerprint density at radius 2 is 1.65 bits per heavy atom. The van der Waals surface area contributed by atoms with Gasteiger partial charge in [-0.1, -0.05) is 36.4 Å². The van der Waals surface area contributed by atoms with Gasteiger partial charge < -0.3 is 20.1 Å². The largest absolute Gasteiger partial charge is 0.477 e. The van der Waals surface area contributed by atoms with E-state index >= 15 is 0 Å². The number of rotatable bonds is 5. The van der Waals surface area contributed by atoms with Gasteiger partial charge in [0.2, 0.25) is 0 Å². The van der Waals surface area contributed by atoms with Crippen LogP contribution < -0.4 is 10.2 Å². The van der Waals surface area contributed by atoms with Crippen LogP contribution in [0.4, 0.5) is 5.69 Å². The molecule has 0 aromatic heterocycles. The molecule has 0 aliphatic carbocycles. The molecule has 26 heavy (non-hydrogen) atoms. The Labute approximate surface area is 151 Å². The van der Waals surface area contributed by atoms with Crippen molar-refractivity contribution in [1.29, 1.82) is 0 Å². The lowest BCUT2D eigenvalue weighted by Gasteiger charge is -2.30. The molecule has 0 bridgehead atoms. The number of amides is 1. The normalized spacial score (nSPS) is 14.8. The minimum Gasteiger partial charge on any atom is -0.477 e. The predicted octanol–water partition coefficient (Wildman–Crippen LogP) is 2.38. The number of morpholine rings is 1. The van der Waals surface area contributed by atoms with Crippen LogP contribution in [0.3, 0.4) is 0 Å². The summed E-state index contributed by atoms with van der Waals surface area (Å²) in [6.07, 6.45) is 1.49. The molecule has 134 valence electrons. The second-order valence-corrected chi connectivity index (χ2v) is 5.84. The Balaban J connectivity index is 1.87. The summed E-state index contributed by atoms with van der Waals surface area (Å²) in [4.78, 5) is 26.1. The molecule has 1 amide bonds. The van der Waals surface area contributed by atoms with E-state index in [4.69, 9.17) is 4.74 Å². The van der Waals surface area contributed by atoms with Crippen molar-refractivity contribution in [2.45, 2.75) is 0 Å². The van der Waals surface area contributed by atoms with Crippen molar-refractivity contribution in [3.63, 3.8) is 0 Å². The maximum absolute atomic E-state index is 12.3. The van der Waals surface area contributed by atoms with E-state index in [2.05, 4.69) is 10.2 Å². The lowest BCUT2D eigenvalue weighted by atomic mass is 10.1. The molecule has 0 spiro atoms. The van der Waals surface area contributed by atoms with Crippen LogP contribution >= 0.6 is 0 Å². The highest BCUT2D eigenvalue weighted by atomic mass is 16.5. The van der Waals surface area contributed by atoms with Crippen LogP contribution in [0.5, 0.6) is 0 Å². The number of para-hydroxylation sites is 1. The summed E-state index contributed by atoms with van der Waals surface area (Å²) in [6, 6.07) is 16.0. The van der Waals surface area contributed by atoms with Crippen molar-refractivity contribution in [3.8, 4) is 0 Å². The number of ether oxygens (including phenoxy) is 1. The van der Waals surface area contributed by atoms with Crippen LogP contribution in [0.25, 0.3) is 6.08 Å². The Morgan fingerprint density at radius 3 is 2.35 bits per heavy atom. The van der Waals surface area contributed by atoms with Gasteiger partial charge >= 0.3 is 5.97 Å². The molecule has 6 heteroatoms. The molecule has 0 saturated carbocycles. The van der Waals surface area contributed by atoms with Crippen molar-refractivity contribution in [1.82, 2.24) is 5.32 Å². The molecule has 2 aromatic rings. The Bertz CT molecular complexity index is 812. The molecule has 0 unspecified atom stereocenters. The van der Waals surface area contributed by atoms with E-state index in [0.29, 0.717) is 18.8 Å². The van der Waals surface area contributed by atoms with Gasteiger partial charge in [0.25, 0.3) is 5.91 Å². The fourth-order valence-corrected chi connectivity index (χ4v) is 2.79. The van der Waals surface area contributed by atoms with Crippen molar-refractivity contribution in [2.24, 2.45) is 0 Å². The first-order valence-corrected chi connectivity index (χ1v) is 8.38. The highest BCUT2D eigenvalue weighted by molar-refractivity contribution is 6.03. The van der Waals surface area contributed by atoms with E-state index in [1.54, 1.807) is 30.3 Å². The van der Waals surface area contributed by atoms with Gasteiger partial charge in [-0.25, -0.2) is 4.79 Å². The van der Waals surface area contributed by atoms with E-state index < -0.39 is 11.9 Å². The number of carbonyl (C=O) groups is 2. The average Bonchev–Trinajstić information content (AvgIpc) is 2.69. The summed E-state index contributed by atoms with van der Waals surface area (Å²) in [5.74, 6) is -1.64. The van der Waals surface area contributed by atoms with Gasteiger partial charge in [-0.3, -0.25) is 4.79 Å². The molecule has 1 saturated heterocycles. The summed E-state index contributed by atoms with van der Waals surface area (Å²) in [5, 5.41) is 12.0. The highest BCUT2D eigenvalue weighted by Crippen LogP contribution is 2.23. The first kappa shape index (κ1) is 17.7. The third-order valence-corrected chi connectivity index (χ3v) is 4.10. The molecular formula is C20H20N2O4. The lowest BCUT2D eigenvalue weighted by molar-refractivity contribution is -0.132. The zero-order valence-corrected chi connectivity index (χ0v) is 14.2. The van der Waals surface area contributed by atoms with Gasteiger partial charge in [-0.15, -0.1) is 0 Å². The first-order chi connectivity index (χ1) is 12.6. The van der Waals surface area contributed by atoms with Gasteiger partial charge in [0.05, 0.1) is 13.2 Å². The number of carboxylic acid groups (broad SMARTS) is 1. The van der Waals surface area contributed by atoms with E-state index in [9.17, 15) is 14.7 Å². The van der Waals surface area contributed by atoms with Gasteiger partial charge in [0, 0.05) is 29.9 Å². The zero-order chi connectivity index (χ0) is 18.4. The molecule has 2 aromatic carbocycles. The van der Waals surface area contributed by atoms with Crippen LogP contribution in [0.2, 0.25) is 0 Å². The number of anilines is 1. The van der Waals surface area contributed by atoms with Crippen molar-refractivity contribution >= 4 is 23.6 Å². The van der Waals surface area contributed by atoms with Crippen LogP contribution in [-0.4, -0.2) is 43.3 Å². The number of carboxylic acids is 1. The number of hydrogen-bond acceptors (Lipinski definition) is 4. The summed E-state index contributed by atoms with van der Waals surface area (Å²) >= 11 is 0. The van der Waals surface area contributed by atoms with E-state index in [1.165, 1.54) is 6.08 Å². The lowest BCUT2D eigenvalue weighted by Crippen LogP contribution is -2.36. The van der Waals surface area contributed by atoms with E-state index in [1.807, 2.05) is 24.3 Å². The van der Waals surface area contributed by atoms with E-state index in [-0.39, 0.29) is 5.70 Å². The summed E-state index contributed by atoms with van der Waals surface area (Å²) in [7, 11) is 0. The van der Waals surface area contributed by atoms with Gasteiger partial charge in [0.1, 0.15) is 5.70 Å². The standard InChI is InChI=1S/C20H20N2O4/c23-19(15-6-2-1-3-7-15)21-17(20(24)25)14-16-8-4-5-9-18(16)22-10-12-26-13-11-22/h1-9,14H,10-13H2,(H,21,23)(H,24,25). The molecule has 0 atom stereocenters. The second-order valence-electron chi connectivity index (χ2n) is 5.84. The van der Waals surface area contributed by atoms with Crippen LogP contribution in [0, 0.1) is 0 Å². The molecular weight excluding hydrogens is 332 g/mol. The van der Waals surface area contributed by atoms with E-state index in [0.717, 1.165) is 24.3 Å². The van der Waals surface area contributed by atoms with Crippen molar-refractivity contribution < 1.29 is 19.4 Å². The van der Waals surface area contributed by atoms with Crippen LogP contribution in [0.15, 0.2) is 60.3 Å².